The second-order valence-electron chi connectivity index (χ2n) is 4.32. The van der Waals surface area contributed by atoms with Gasteiger partial charge in [0.1, 0.15) is 5.76 Å². The van der Waals surface area contributed by atoms with Gasteiger partial charge in [0, 0.05) is 11.6 Å². The van der Waals surface area contributed by atoms with Crippen LogP contribution in [-0.4, -0.2) is 28.6 Å². The second-order valence-corrected chi connectivity index (χ2v) is 4.32. The summed E-state index contributed by atoms with van der Waals surface area (Å²) in [6.07, 6.45) is 2.50. The zero-order valence-electron chi connectivity index (χ0n) is 9.69. The average Bonchev–Trinajstić information content (AvgIpc) is 2.99. The molecule has 4 heteroatoms. The third-order valence-electron chi connectivity index (χ3n) is 2.99. The number of rotatable bonds is 5. The summed E-state index contributed by atoms with van der Waals surface area (Å²) in [5, 5.41) is 8.88. The van der Waals surface area contributed by atoms with Crippen molar-refractivity contribution in [3.8, 4) is 0 Å². The zero-order chi connectivity index (χ0) is 11.7. The van der Waals surface area contributed by atoms with Crippen molar-refractivity contribution in [1.82, 2.24) is 4.90 Å². The van der Waals surface area contributed by atoms with Gasteiger partial charge in [-0.1, -0.05) is 6.92 Å². The minimum atomic E-state index is -0.988. The van der Waals surface area contributed by atoms with Crippen LogP contribution in [0.3, 0.4) is 0 Å². The number of hydrogen-bond acceptors (Lipinski definition) is 3. The lowest BCUT2D eigenvalue weighted by molar-refractivity contribution is 0.0657. The van der Waals surface area contributed by atoms with E-state index >= 15 is 0 Å². The Morgan fingerprint density at radius 3 is 2.75 bits per heavy atom. The molecule has 0 spiro atoms. The SMILES string of the molecule is CCN(Cc1cc(C)c(C(=O)O)o1)C1CC1. The van der Waals surface area contributed by atoms with Crippen molar-refractivity contribution in [3.05, 3.63) is 23.2 Å². The standard InChI is InChI=1S/C12H17NO3/c1-3-13(9-4-5-9)7-10-6-8(2)11(16-10)12(14)15/h6,9H,3-5,7H2,1-2H3,(H,14,15). The summed E-state index contributed by atoms with van der Waals surface area (Å²) in [7, 11) is 0. The molecule has 1 fully saturated rings. The molecule has 88 valence electrons. The smallest absolute Gasteiger partial charge is 0.372 e. The summed E-state index contributed by atoms with van der Waals surface area (Å²) in [5.41, 5.74) is 0.703. The molecule has 1 heterocycles. The number of furan rings is 1. The largest absolute Gasteiger partial charge is 0.475 e. The quantitative estimate of drug-likeness (QED) is 0.832. The van der Waals surface area contributed by atoms with Crippen molar-refractivity contribution in [3.63, 3.8) is 0 Å². The lowest BCUT2D eigenvalue weighted by atomic mass is 10.2. The fourth-order valence-corrected chi connectivity index (χ4v) is 1.98. The van der Waals surface area contributed by atoms with E-state index < -0.39 is 5.97 Å². The molecule has 0 aromatic carbocycles. The van der Waals surface area contributed by atoms with Crippen molar-refractivity contribution >= 4 is 5.97 Å². The predicted molar refractivity (Wildman–Crippen MR) is 59.5 cm³/mol. The van der Waals surface area contributed by atoms with E-state index in [1.807, 2.05) is 6.07 Å². The summed E-state index contributed by atoms with van der Waals surface area (Å²) in [4.78, 5) is 13.2. The number of aromatic carboxylic acids is 1. The van der Waals surface area contributed by atoms with E-state index in [0.717, 1.165) is 18.8 Å². The molecular formula is C12H17NO3. The van der Waals surface area contributed by atoms with Gasteiger partial charge in [-0.25, -0.2) is 4.79 Å². The Morgan fingerprint density at radius 1 is 1.62 bits per heavy atom. The maximum Gasteiger partial charge on any atom is 0.372 e. The number of carboxylic acid groups (broad SMARTS) is 1. The van der Waals surface area contributed by atoms with Crippen LogP contribution in [0.25, 0.3) is 0 Å². The van der Waals surface area contributed by atoms with Crippen molar-refractivity contribution in [2.45, 2.75) is 39.3 Å². The first-order valence-electron chi connectivity index (χ1n) is 5.68. The van der Waals surface area contributed by atoms with Gasteiger partial charge in [0.05, 0.1) is 6.54 Å². The zero-order valence-corrected chi connectivity index (χ0v) is 9.69. The number of carboxylic acids is 1. The number of hydrogen-bond donors (Lipinski definition) is 1. The second kappa shape index (κ2) is 4.29. The lowest BCUT2D eigenvalue weighted by Gasteiger charge is -2.17. The monoisotopic (exact) mass is 223 g/mol. The Kier molecular flexibility index (Phi) is 3.01. The molecule has 0 saturated heterocycles. The van der Waals surface area contributed by atoms with Gasteiger partial charge in [-0.3, -0.25) is 4.90 Å². The molecule has 0 atom stereocenters. The Hall–Kier alpha value is -1.29. The highest BCUT2D eigenvalue weighted by Gasteiger charge is 2.28. The number of nitrogens with zero attached hydrogens (tertiary/aromatic N) is 1. The number of carbonyl (C=O) groups is 1. The minimum absolute atomic E-state index is 0.0712. The van der Waals surface area contributed by atoms with E-state index in [9.17, 15) is 4.79 Å². The van der Waals surface area contributed by atoms with Gasteiger partial charge in [-0.15, -0.1) is 0 Å². The average molecular weight is 223 g/mol. The van der Waals surface area contributed by atoms with Crippen LogP contribution in [0, 0.1) is 6.92 Å². The predicted octanol–water partition coefficient (Wildman–Crippen LogP) is 2.27. The van der Waals surface area contributed by atoms with Crippen molar-refractivity contribution in [2.24, 2.45) is 0 Å². The van der Waals surface area contributed by atoms with E-state index in [2.05, 4.69) is 11.8 Å². The fourth-order valence-electron chi connectivity index (χ4n) is 1.98. The van der Waals surface area contributed by atoms with Crippen LogP contribution in [0.5, 0.6) is 0 Å². The van der Waals surface area contributed by atoms with Gasteiger partial charge < -0.3 is 9.52 Å². The van der Waals surface area contributed by atoms with Gasteiger partial charge >= 0.3 is 5.97 Å². The van der Waals surface area contributed by atoms with Crippen LogP contribution in [-0.2, 0) is 6.54 Å². The fraction of sp³-hybridized carbons (Fsp3) is 0.583. The molecule has 1 aromatic heterocycles. The summed E-state index contributed by atoms with van der Waals surface area (Å²) in [6, 6.07) is 2.50. The molecule has 0 radical (unpaired) electrons. The van der Waals surface area contributed by atoms with Crippen LogP contribution in [0.4, 0.5) is 0 Å². The number of aryl methyl sites for hydroxylation is 1. The Labute approximate surface area is 94.9 Å². The molecule has 4 nitrogen and oxygen atoms in total. The van der Waals surface area contributed by atoms with E-state index in [-0.39, 0.29) is 5.76 Å². The first-order valence-corrected chi connectivity index (χ1v) is 5.68. The highest BCUT2D eigenvalue weighted by atomic mass is 16.4. The third kappa shape index (κ3) is 2.27. The highest BCUT2D eigenvalue weighted by Crippen LogP contribution is 2.28. The van der Waals surface area contributed by atoms with Crippen LogP contribution in [0.2, 0.25) is 0 Å². The maximum absolute atomic E-state index is 10.8. The van der Waals surface area contributed by atoms with E-state index in [0.29, 0.717) is 11.6 Å². The van der Waals surface area contributed by atoms with Gasteiger partial charge in [0.25, 0.3) is 0 Å². The van der Waals surface area contributed by atoms with Gasteiger partial charge in [-0.2, -0.15) is 0 Å². The van der Waals surface area contributed by atoms with Crippen LogP contribution in [0.15, 0.2) is 10.5 Å². The Balaban J connectivity index is 2.08. The minimum Gasteiger partial charge on any atom is -0.475 e. The van der Waals surface area contributed by atoms with Gasteiger partial charge in [-0.05, 0) is 32.4 Å². The van der Waals surface area contributed by atoms with Crippen LogP contribution in [0.1, 0.15) is 41.6 Å². The van der Waals surface area contributed by atoms with Crippen molar-refractivity contribution in [2.75, 3.05) is 6.54 Å². The molecule has 0 bridgehead atoms. The normalized spacial score (nSPS) is 15.7. The molecule has 1 aliphatic rings. The molecule has 1 N–H and O–H groups in total. The van der Waals surface area contributed by atoms with Crippen LogP contribution < -0.4 is 0 Å². The topological polar surface area (TPSA) is 53.7 Å². The third-order valence-corrected chi connectivity index (χ3v) is 2.99. The van der Waals surface area contributed by atoms with E-state index in [4.69, 9.17) is 9.52 Å². The molecule has 2 rings (SSSR count). The van der Waals surface area contributed by atoms with Crippen molar-refractivity contribution in [1.29, 1.82) is 0 Å². The molecule has 0 amide bonds. The molecular weight excluding hydrogens is 206 g/mol. The van der Waals surface area contributed by atoms with Gasteiger partial charge in [0.2, 0.25) is 5.76 Å². The molecule has 1 aliphatic carbocycles. The lowest BCUT2D eigenvalue weighted by Crippen LogP contribution is -2.24. The molecule has 16 heavy (non-hydrogen) atoms. The summed E-state index contributed by atoms with van der Waals surface area (Å²) in [6.45, 7) is 5.58. The van der Waals surface area contributed by atoms with E-state index in [1.165, 1.54) is 12.8 Å². The van der Waals surface area contributed by atoms with Gasteiger partial charge in [0.15, 0.2) is 0 Å². The Morgan fingerprint density at radius 2 is 2.31 bits per heavy atom. The highest BCUT2D eigenvalue weighted by molar-refractivity contribution is 5.86. The summed E-state index contributed by atoms with van der Waals surface area (Å²) in [5.74, 6) is -0.163. The molecule has 1 saturated carbocycles. The summed E-state index contributed by atoms with van der Waals surface area (Å²) < 4.78 is 5.34. The first kappa shape index (κ1) is 11.2. The molecule has 0 unspecified atom stereocenters. The van der Waals surface area contributed by atoms with Crippen molar-refractivity contribution < 1.29 is 14.3 Å². The van der Waals surface area contributed by atoms with Crippen LogP contribution >= 0.6 is 0 Å². The maximum atomic E-state index is 10.8. The molecule has 0 aliphatic heterocycles. The van der Waals surface area contributed by atoms with E-state index in [1.54, 1.807) is 6.92 Å². The first-order chi connectivity index (χ1) is 7.61. The molecule has 1 aromatic rings. The summed E-state index contributed by atoms with van der Waals surface area (Å²) >= 11 is 0. The Bertz CT molecular complexity index is 393.